The normalized spacial score (nSPS) is 10.8. The molecular weight excluding hydrogens is 329 g/mol. The van der Waals surface area contributed by atoms with Gasteiger partial charge in [0.25, 0.3) is 0 Å². The van der Waals surface area contributed by atoms with Crippen molar-refractivity contribution in [1.29, 1.82) is 0 Å². The molecule has 0 heterocycles. The van der Waals surface area contributed by atoms with E-state index in [0.29, 0.717) is 10.0 Å². The SMILES string of the molecule is CC.CCOC(=O)/C(NN)=C(/N)OCc1ccc(Cl)c(Cl)c1. The Hall–Kier alpha value is -1.63. The first kappa shape index (κ1) is 20.4. The molecule has 0 atom stereocenters. The number of nitrogens with two attached hydrogens (primary N) is 2. The Morgan fingerprint density at radius 3 is 2.36 bits per heavy atom. The molecule has 5 N–H and O–H groups in total. The van der Waals surface area contributed by atoms with Crippen LogP contribution in [0.4, 0.5) is 0 Å². The van der Waals surface area contributed by atoms with Crippen molar-refractivity contribution in [3.05, 3.63) is 45.4 Å². The molecule has 124 valence electrons. The highest BCUT2D eigenvalue weighted by Crippen LogP contribution is 2.23. The second kappa shape index (κ2) is 11.0. The lowest BCUT2D eigenvalue weighted by atomic mass is 10.2. The van der Waals surface area contributed by atoms with Gasteiger partial charge in [0.1, 0.15) is 6.61 Å². The Kier molecular flexibility index (Phi) is 10.2. The Bertz CT molecular complexity index is 522. The second-order valence-corrected chi connectivity index (χ2v) is 4.46. The van der Waals surface area contributed by atoms with Crippen molar-refractivity contribution in [2.45, 2.75) is 27.4 Å². The third kappa shape index (κ3) is 6.43. The quantitative estimate of drug-likeness (QED) is 0.240. The minimum absolute atomic E-state index is 0.104. The van der Waals surface area contributed by atoms with Crippen LogP contribution in [0.5, 0.6) is 0 Å². The van der Waals surface area contributed by atoms with Crippen LogP contribution in [0.3, 0.4) is 0 Å². The second-order valence-electron chi connectivity index (χ2n) is 3.64. The van der Waals surface area contributed by atoms with Crippen LogP contribution in [0.15, 0.2) is 29.8 Å². The van der Waals surface area contributed by atoms with E-state index >= 15 is 0 Å². The number of rotatable bonds is 6. The zero-order valence-corrected chi connectivity index (χ0v) is 14.3. The predicted octanol–water partition coefficient (Wildman–Crippen LogP) is 2.69. The van der Waals surface area contributed by atoms with E-state index in [4.69, 9.17) is 44.3 Å². The van der Waals surface area contributed by atoms with E-state index in [1.54, 1.807) is 25.1 Å². The first-order valence-electron chi connectivity index (χ1n) is 6.69. The number of benzene rings is 1. The molecule has 0 aliphatic carbocycles. The van der Waals surface area contributed by atoms with Crippen LogP contribution in [0.1, 0.15) is 26.3 Å². The summed E-state index contributed by atoms with van der Waals surface area (Å²) >= 11 is 11.7. The van der Waals surface area contributed by atoms with Gasteiger partial charge < -0.3 is 20.6 Å². The van der Waals surface area contributed by atoms with Gasteiger partial charge in [0.05, 0.1) is 16.7 Å². The fraction of sp³-hybridized carbons (Fsp3) is 0.357. The zero-order chi connectivity index (χ0) is 17.1. The summed E-state index contributed by atoms with van der Waals surface area (Å²) in [4.78, 5) is 11.5. The number of hydrazine groups is 1. The summed E-state index contributed by atoms with van der Waals surface area (Å²) in [6, 6.07) is 4.99. The molecule has 8 heteroatoms. The number of carbonyl (C=O) groups excluding carboxylic acids is 1. The molecule has 0 aliphatic heterocycles. The molecule has 0 spiro atoms. The number of nitrogens with one attached hydrogen (secondary N) is 1. The molecule has 0 fully saturated rings. The van der Waals surface area contributed by atoms with Gasteiger partial charge in [0.15, 0.2) is 5.70 Å². The maximum Gasteiger partial charge on any atom is 0.361 e. The first-order chi connectivity index (χ1) is 10.5. The minimum atomic E-state index is -0.693. The monoisotopic (exact) mass is 349 g/mol. The third-order valence-electron chi connectivity index (χ3n) is 2.25. The average molecular weight is 350 g/mol. The number of hydrogen-bond donors (Lipinski definition) is 3. The fourth-order valence-electron chi connectivity index (χ4n) is 1.30. The van der Waals surface area contributed by atoms with Crippen molar-refractivity contribution in [2.24, 2.45) is 11.6 Å². The van der Waals surface area contributed by atoms with E-state index in [9.17, 15) is 4.79 Å². The van der Waals surface area contributed by atoms with Gasteiger partial charge in [0, 0.05) is 0 Å². The Labute approximate surface area is 140 Å². The number of halogens is 2. The summed E-state index contributed by atoms with van der Waals surface area (Å²) in [6.45, 7) is 5.97. The summed E-state index contributed by atoms with van der Waals surface area (Å²) in [5.74, 6) is 4.35. The molecule has 22 heavy (non-hydrogen) atoms. The van der Waals surface area contributed by atoms with E-state index in [2.05, 4.69) is 5.43 Å². The first-order valence-corrected chi connectivity index (χ1v) is 7.45. The van der Waals surface area contributed by atoms with E-state index < -0.39 is 5.97 Å². The average Bonchev–Trinajstić information content (AvgIpc) is 2.51. The molecule has 0 aromatic heterocycles. The van der Waals surface area contributed by atoms with E-state index in [1.165, 1.54) is 0 Å². The van der Waals surface area contributed by atoms with E-state index in [0.717, 1.165) is 5.56 Å². The van der Waals surface area contributed by atoms with Gasteiger partial charge in [-0.25, -0.2) is 4.79 Å². The Morgan fingerprint density at radius 2 is 1.86 bits per heavy atom. The number of carbonyl (C=O) groups is 1. The van der Waals surface area contributed by atoms with Crippen molar-refractivity contribution in [3.8, 4) is 0 Å². The third-order valence-corrected chi connectivity index (χ3v) is 2.99. The lowest BCUT2D eigenvalue weighted by Crippen LogP contribution is -2.32. The largest absolute Gasteiger partial charge is 0.473 e. The summed E-state index contributed by atoms with van der Waals surface area (Å²) in [6.07, 6.45) is 0. The minimum Gasteiger partial charge on any atom is -0.473 e. The molecular formula is C14H21Cl2N3O3. The van der Waals surface area contributed by atoms with Crippen molar-refractivity contribution in [1.82, 2.24) is 5.43 Å². The van der Waals surface area contributed by atoms with Crippen LogP contribution in [-0.4, -0.2) is 12.6 Å². The van der Waals surface area contributed by atoms with Gasteiger partial charge in [-0.15, -0.1) is 0 Å². The summed E-state index contributed by atoms with van der Waals surface area (Å²) in [5.41, 5.74) is 8.37. The van der Waals surface area contributed by atoms with Crippen molar-refractivity contribution < 1.29 is 14.3 Å². The number of ether oxygens (including phenoxy) is 2. The van der Waals surface area contributed by atoms with E-state index in [1.807, 2.05) is 13.8 Å². The van der Waals surface area contributed by atoms with Crippen LogP contribution in [0.2, 0.25) is 10.0 Å². The highest BCUT2D eigenvalue weighted by molar-refractivity contribution is 6.42. The van der Waals surface area contributed by atoms with Crippen LogP contribution < -0.4 is 17.0 Å². The van der Waals surface area contributed by atoms with Gasteiger partial charge in [-0.3, -0.25) is 5.84 Å². The molecule has 6 nitrogen and oxygen atoms in total. The maximum atomic E-state index is 11.5. The maximum absolute atomic E-state index is 11.5. The van der Waals surface area contributed by atoms with Gasteiger partial charge in [-0.2, -0.15) is 0 Å². The zero-order valence-electron chi connectivity index (χ0n) is 12.8. The van der Waals surface area contributed by atoms with Crippen LogP contribution in [0, 0.1) is 0 Å². The van der Waals surface area contributed by atoms with Crippen molar-refractivity contribution >= 4 is 29.2 Å². The molecule has 0 amide bonds. The van der Waals surface area contributed by atoms with E-state index in [-0.39, 0.29) is 24.8 Å². The van der Waals surface area contributed by atoms with Crippen LogP contribution in [0.25, 0.3) is 0 Å². The molecule has 0 aliphatic rings. The topological polar surface area (TPSA) is 99.6 Å². The summed E-state index contributed by atoms with van der Waals surface area (Å²) in [5, 5.41) is 0.840. The standard InChI is InChI=1S/C12H15Cl2N3O3.C2H6/c1-2-19-12(18)10(17-16)11(15)20-6-7-3-4-8(13)9(14)5-7;1-2/h3-5,17H,2,6,15-16H2,1H3;1-2H3/b11-10+;. The molecule has 0 unspecified atom stereocenters. The fourth-order valence-corrected chi connectivity index (χ4v) is 1.62. The van der Waals surface area contributed by atoms with Crippen LogP contribution >= 0.6 is 23.2 Å². The van der Waals surface area contributed by atoms with Gasteiger partial charge in [-0.1, -0.05) is 43.1 Å². The van der Waals surface area contributed by atoms with Gasteiger partial charge in [-0.05, 0) is 24.6 Å². The summed E-state index contributed by atoms with van der Waals surface area (Å²) in [7, 11) is 0. The van der Waals surface area contributed by atoms with Crippen molar-refractivity contribution in [2.75, 3.05) is 6.61 Å². The Balaban J connectivity index is 0.00000211. The van der Waals surface area contributed by atoms with Crippen molar-refractivity contribution in [3.63, 3.8) is 0 Å². The number of esters is 1. The molecule has 0 radical (unpaired) electrons. The predicted molar refractivity (Wildman–Crippen MR) is 87.8 cm³/mol. The smallest absolute Gasteiger partial charge is 0.361 e. The number of hydrogen-bond acceptors (Lipinski definition) is 6. The summed E-state index contributed by atoms with van der Waals surface area (Å²) < 4.78 is 10.0. The molecule has 0 bridgehead atoms. The molecule has 0 saturated carbocycles. The lowest BCUT2D eigenvalue weighted by molar-refractivity contribution is -0.139. The highest BCUT2D eigenvalue weighted by Gasteiger charge is 2.15. The molecule has 1 aromatic carbocycles. The molecule has 1 rings (SSSR count). The lowest BCUT2D eigenvalue weighted by Gasteiger charge is -2.11. The Morgan fingerprint density at radius 1 is 1.23 bits per heavy atom. The van der Waals surface area contributed by atoms with Crippen LogP contribution in [-0.2, 0) is 20.9 Å². The highest BCUT2D eigenvalue weighted by atomic mass is 35.5. The van der Waals surface area contributed by atoms with Gasteiger partial charge in [0.2, 0.25) is 5.88 Å². The van der Waals surface area contributed by atoms with Gasteiger partial charge >= 0.3 is 5.97 Å². The molecule has 0 saturated heterocycles. The molecule has 1 aromatic rings.